The maximum Gasteiger partial charge on any atom is 0.416 e. The molecule has 5 amide bonds. The van der Waals surface area contributed by atoms with E-state index in [-0.39, 0.29) is 54.2 Å². The first-order valence-corrected chi connectivity index (χ1v) is 13.2. The molecule has 196 valence electrons. The zero-order valence-electron chi connectivity index (χ0n) is 20.2. The predicted molar refractivity (Wildman–Crippen MR) is 129 cm³/mol. The summed E-state index contributed by atoms with van der Waals surface area (Å²) in [7, 11) is 0. The van der Waals surface area contributed by atoms with Crippen LogP contribution in [-0.4, -0.2) is 78.5 Å². The van der Waals surface area contributed by atoms with Crippen molar-refractivity contribution < 1.29 is 37.6 Å². The number of ether oxygens (including phenoxy) is 2. The second kappa shape index (κ2) is 8.31. The average Bonchev–Trinajstić information content (AvgIpc) is 3.40. The zero-order valence-corrected chi connectivity index (χ0v) is 21.0. The minimum atomic E-state index is -1.76. The third kappa shape index (κ3) is 3.27. The Labute approximate surface area is 214 Å². The molecule has 2 aromatic rings. The number of cyclic esters (lactones) is 1. The van der Waals surface area contributed by atoms with Gasteiger partial charge in [-0.2, -0.15) is 11.8 Å². The standard InChI is InChI=1S/C23H24FN5O7S/c1-9-6-28-15-11(5-23(17(28)10(2)35-9)19(30)25-21(32)26-20(23)31)4-13-16(14(15)24)36-27-18(13)29-12(8-37-3)7-34-22(29)33/h4,9-10,12,17H,5-8H2,1-3H3,(H2,25,26,30,31,32)/t9-,10+,12-,17?/m1/s1. The molecule has 5 heterocycles. The Hall–Kier alpha value is -3.39. The summed E-state index contributed by atoms with van der Waals surface area (Å²) in [6.07, 6.45) is 0.0890. The third-order valence-electron chi connectivity index (χ3n) is 7.49. The highest BCUT2D eigenvalue weighted by Gasteiger charge is 2.63. The Morgan fingerprint density at radius 1 is 1.22 bits per heavy atom. The van der Waals surface area contributed by atoms with Gasteiger partial charge < -0.3 is 18.9 Å². The summed E-state index contributed by atoms with van der Waals surface area (Å²) in [4.78, 5) is 54.1. The summed E-state index contributed by atoms with van der Waals surface area (Å²) >= 11 is 1.52. The monoisotopic (exact) mass is 533 g/mol. The number of hydrogen-bond acceptors (Lipinski definition) is 10. The number of anilines is 2. The van der Waals surface area contributed by atoms with Crippen LogP contribution in [0.5, 0.6) is 0 Å². The molecular formula is C23H24FN5O7S. The topological polar surface area (TPSA) is 143 Å². The lowest BCUT2D eigenvalue weighted by molar-refractivity contribution is -0.153. The number of rotatable bonds is 3. The number of nitrogens with one attached hydrogen (secondary N) is 2. The van der Waals surface area contributed by atoms with Crippen LogP contribution in [0.15, 0.2) is 10.6 Å². The number of fused-ring (bicyclic) bond motifs is 5. The van der Waals surface area contributed by atoms with E-state index in [0.29, 0.717) is 11.3 Å². The summed E-state index contributed by atoms with van der Waals surface area (Å²) in [6, 6.07) is -0.530. The fourth-order valence-electron chi connectivity index (χ4n) is 6.15. The van der Waals surface area contributed by atoms with Crippen molar-refractivity contribution in [3.8, 4) is 0 Å². The summed E-state index contributed by atoms with van der Waals surface area (Å²) in [6.45, 7) is 3.87. The molecule has 4 atom stereocenters. The van der Waals surface area contributed by atoms with E-state index >= 15 is 4.39 Å². The molecule has 3 saturated heterocycles. The van der Waals surface area contributed by atoms with Gasteiger partial charge in [-0.1, -0.05) is 5.16 Å². The van der Waals surface area contributed by atoms with Crippen LogP contribution in [0.4, 0.5) is 25.5 Å². The molecular weight excluding hydrogens is 509 g/mol. The van der Waals surface area contributed by atoms with Gasteiger partial charge in [-0.25, -0.2) is 14.0 Å². The molecule has 0 radical (unpaired) electrons. The van der Waals surface area contributed by atoms with E-state index in [2.05, 4.69) is 15.8 Å². The fourth-order valence-corrected chi connectivity index (χ4v) is 6.78. The van der Waals surface area contributed by atoms with Gasteiger partial charge >= 0.3 is 12.1 Å². The van der Waals surface area contributed by atoms with Crippen molar-refractivity contribution >= 4 is 58.2 Å². The highest BCUT2D eigenvalue weighted by Crippen LogP contribution is 2.50. The summed E-state index contributed by atoms with van der Waals surface area (Å²) in [5, 5.41) is 8.66. The smallest absolute Gasteiger partial charge is 0.416 e. The Morgan fingerprint density at radius 2 is 1.95 bits per heavy atom. The van der Waals surface area contributed by atoms with Crippen molar-refractivity contribution in [1.82, 2.24) is 15.8 Å². The Kier molecular flexibility index (Phi) is 5.39. The lowest BCUT2D eigenvalue weighted by atomic mass is 9.66. The number of amides is 5. The SMILES string of the molecule is CSC[C@H]1COC(=O)N1c1noc2c(F)c3c(cc12)CC1(C(=O)NC(=O)NC1=O)C1[C@H](C)O[C@H](C)CN31. The number of carbonyl (C=O) groups is 4. The number of aromatic nitrogens is 1. The largest absolute Gasteiger partial charge is 0.447 e. The van der Waals surface area contributed by atoms with Crippen molar-refractivity contribution in [3.05, 3.63) is 17.4 Å². The number of halogens is 1. The zero-order chi connectivity index (χ0) is 26.2. The molecule has 4 aliphatic heterocycles. The van der Waals surface area contributed by atoms with E-state index in [1.807, 2.05) is 13.2 Å². The normalized spacial score (nSPS) is 28.8. The minimum absolute atomic E-state index is 0.103. The van der Waals surface area contributed by atoms with Crippen molar-refractivity contribution in [2.24, 2.45) is 5.41 Å². The molecule has 2 N–H and O–H groups in total. The number of carbonyl (C=O) groups excluding carboxylic acids is 4. The van der Waals surface area contributed by atoms with E-state index in [0.717, 1.165) is 0 Å². The highest BCUT2D eigenvalue weighted by molar-refractivity contribution is 7.98. The maximum absolute atomic E-state index is 16.2. The Morgan fingerprint density at radius 3 is 2.65 bits per heavy atom. The van der Waals surface area contributed by atoms with Gasteiger partial charge in [-0.15, -0.1) is 0 Å². The molecule has 0 saturated carbocycles. The molecule has 4 aliphatic rings. The van der Waals surface area contributed by atoms with Crippen LogP contribution in [0, 0.1) is 11.2 Å². The first-order chi connectivity index (χ1) is 17.7. The number of imide groups is 2. The molecule has 37 heavy (non-hydrogen) atoms. The van der Waals surface area contributed by atoms with E-state index < -0.39 is 47.3 Å². The Balaban J connectivity index is 1.55. The van der Waals surface area contributed by atoms with Crippen molar-refractivity contribution in [2.75, 3.05) is 35.0 Å². The van der Waals surface area contributed by atoms with Gasteiger partial charge in [0.1, 0.15) is 6.61 Å². The van der Waals surface area contributed by atoms with Crippen LogP contribution in [-0.2, 0) is 25.5 Å². The maximum atomic E-state index is 16.2. The van der Waals surface area contributed by atoms with E-state index in [1.165, 1.54) is 16.7 Å². The first kappa shape index (κ1) is 24.0. The second-order valence-electron chi connectivity index (χ2n) is 9.77. The van der Waals surface area contributed by atoms with Crippen LogP contribution in [0.2, 0.25) is 0 Å². The molecule has 0 aliphatic carbocycles. The average molecular weight is 534 g/mol. The van der Waals surface area contributed by atoms with E-state index in [1.54, 1.807) is 17.9 Å². The van der Waals surface area contributed by atoms with Crippen LogP contribution in [0.25, 0.3) is 11.0 Å². The number of morpholine rings is 1. The van der Waals surface area contributed by atoms with Gasteiger partial charge in [0.05, 0.1) is 35.4 Å². The summed E-state index contributed by atoms with van der Waals surface area (Å²) < 4.78 is 32.8. The highest BCUT2D eigenvalue weighted by atomic mass is 32.2. The van der Waals surface area contributed by atoms with E-state index in [4.69, 9.17) is 14.0 Å². The number of nitrogens with zero attached hydrogens (tertiary/aromatic N) is 3. The number of benzene rings is 1. The quantitative estimate of drug-likeness (QED) is 0.558. The number of barbiturate groups is 1. The van der Waals surface area contributed by atoms with Crippen LogP contribution in [0.3, 0.4) is 0 Å². The molecule has 6 rings (SSSR count). The fraction of sp³-hybridized carbons (Fsp3) is 0.522. The molecule has 3 fully saturated rings. The van der Waals surface area contributed by atoms with Crippen molar-refractivity contribution in [3.63, 3.8) is 0 Å². The van der Waals surface area contributed by atoms with Gasteiger partial charge in [0.25, 0.3) is 0 Å². The van der Waals surface area contributed by atoms with Crippen LogP contribution in [0.1, 0.15) is 19.4 Å². The van der Waals surface area contributed by atoms with Gasteiger partial charge in [0.2, 0.25) is 17.4 Å². The molecule has 0 bridgehead atoms. The molecule has 14 heteroatoms. The molecule has 1 aromatic carbocycles. The predicted octanol–water partition coefficient (Wildman–Crippen LogP) is 1.55. The lowest BCUT2D eigenvalue weighted by Gasteiger charge is -2.55. The number of thioether (sulfide) groups is 1. The minimum Gasteiger partial charge on any atom is -0.447 e. The molecule has 1 spiro atoms. The first-order valence-electron chi connectivity index (χ1n) is 11.8. The summed E-state index contributed by atoms with van der Waals surface area (Å²) in [5.74, 6) is -1.60. The third-order valence-corrected chi connectivity index (χ3v) is 8.21. The number of urea groups is 1. The van der Waals surface area contributed by atoms with Gasteiger partial charge in [-0.3, -0.25) is 25.1 Å². The molecule has 12 nitrogen and oxygen atoms in total. The van der Waals surface area contributed by atoms with Crippen LogP contribution < -0.4 is 20.4 Å². The second-order valence-corrected chi connectivity index (χ2v) is 10.7. The molecule has 1 unspecified atom stereocenters. The lowest BCUT2D eigenvalue weighted by Crippen LogP contribution is -2.75. The van der Waals surface area contributed by atoms with Gasteiger partial charge in [0.15, 0.2) is 17.1 Å². The van der Waals surface area contributed by atoms with E-state index in [9.17, 15) is 19.2 Å². The van der Waals surface area contributed by atoms with Gasteiger partial charge in [-0.05, 0) is 31.7 Å². The van der Waals surface area contributed by atoms with Crippen molar-refractivity contribution in [1.29, 1.82) is 0 Å². The summed E-state index contributed by atoms with van der Waals surface area (Å²) in [5.41, 5.74) is -1.38. The van der Waals surface area contributed by atoms with Crippen LogP contribution >= 0.6 is 11.8 Å². The van der Waals surface area contributed by atoms with Gasteiger partial charge in [0, 0.05) is 18.7 Å². The molecule has 1 aromatic heterocycles. The van der Waals surface area contributed by atoms with Crippen molar-refractivity contribution in [2.45, 2.75) is 44.6 Å². The number of hydrogen-bond donors (Lipinski definition) is 2. The Bertz CT molecular complexity index is 1340.